The van der Waals surface area contributed by atoms with Crippen LogP contribution in [0.4, 0.5) is 0 Å². The van der Waals surface area contributed by atoms with Crippen molar-refractivity contribution < 1.29 is 4.79 Å². The first-order chi connectivity index (χ1) is 13.0. The molecule has 0 atom stereocenters. The molecule has 0 unspecified atom stereocenters. The molecular formula is C21H20ClN3OS. The maximum absolute atomic E-state index is 13.4. The molecule has 1 amide bonds. The summed E-state index contributed by atoms with van der Waals surface area (Å²) in [6.07, 6.45) is 1.51. The number of benzene rings is 2. The lowest BCUT2D eigenvalue weighted by Crippen LogP contribution is -2.54. The molecule has 2 aliphatic heterocycles. The Morgan fingerprint density at radius 3 is 2.48 bits per heavy atom. The molecule has 138 valence electrons. The van der Waals surface area contributed by atoms with E-state index >= 15 is 0 Å². The highest BCUT2D eigenvalue weighted by Gasteiger charge is 2.49. The third kappa shape index (κ3) is 3.31. The standard InChI is InChI=1S/C21H20ClN3OS/c1-24-12-10-21(11-13-24)23-18(15-6-3-2-4-7-15)20(27)25(21)19(26)16-8-5-9-17(22)14-16/h2-9,14H,10-13H2,1H3. The number of amides is 1. The van der Waals surface area contributed by atoms with Gasteiger partial charge in [0, 0.05) is 42.1 Å². The molecule has 2 aliphatic rings. The van der Waals surface area contributed by atoms with Gasteiger partial charge in [-0.25, -0.2) is 0 Å². The molecule has 0 aromatic heterocycles. The summed E-state index contributed by atoms with van der Waals surface area (Å²) in [7, 11) is 2.09. The summed E-state index contributed by atoms with van der Waals surface area (Å²) >= 11 is 11.9. The van der Waals surface area contributed by atoms with E-state index in [4.69, 9.17) is 28.8 Å². The molecule has 4 rings (SSSR count). The first-order valence-electron chi connectivity index (χ1n) is 8.98. The number of halogens is 1. The summed E-state index contributed by atoms with van der Waals surface area (Å²) in [6, 6.07) is 16.9. The Bertz CT molecular complexity index is 920. The minimum Gasteiger partial charge on any atom is -0.306 e. The second-order valence-corrected chi connectivity index (χ2v) is 7.89. The molecule has 0 saturated carbocycles. The average molecular weight is 398 g/mol. The Morgan fingerprint density at radius 2 is 1.81 bits per heavy atom. The van der Waals surface area contributed by atoms with E-state index in [1.165, 1.54) is 0 Å². The van der Waals surface area contributed by atoms with Crippen LogP contribution >= 0.6 is 23.8 Å². The van der Waals surface area contributed by atoms with Gasteiger partial charge in [-0.2, -0.15) is 0 Å². The lowest BCUT2D eigenvalue weighted by molar-refractivity contribution is 0.0571. The lowest BCUT2D eigenvalue weighted by atomic mass is 9.95. The van der Waals surface area contributed by atoms with Crippen LogP contribution < -0.4 is 0 Å². The predicted molar refractivity (Wildman–Crippen MR) is 113 cm³/mol. The van der Waals surface area contributed by atoms with Gasteiger partial charge in [0.25, 0.3) is 5.91 Å². The van der Waals surface area contributed by atoms with Gasteiger partial charge < -0.3 is 4.90 Å². The lowest BCUT2D eigenvalue weighted by Gasteiger charge is -2.41. The van der Waals surface area contributed by atoms with Crippen LogP contribution in [0.2, 0.25) is 5.02 Å². The minimum atomic E-state index is -0.617. The van der Waals surface area contributed by atoms with Crippen molar-refractivity contribution in [3.05, 3.63) is 70.7 Å². The molecule has 1 spiro atoms. The minimum absolute atomic E-state index is 0.137. The normalized spacial score (nSPS) is 19.4. The topological polar surface area (TPSA) is 35.9 Å². The van der Waals surface area contributed by atoms with E-state index in [2.05, 4.69) is 11.9 Å². The van der Waals surface area contributed by atoms with E-state index < -0.39 is 5.66 Å². The van der Waals surface area contributed by atoms with Crippen molar-refractivity contribution in [2.45, 2.75) is 18.5 Å². The summed E-state index contributed by atoms with van der Waals surface area (Å²) in [6.45, 7) is 1.74. The summed E-state index contributed by atoms with van der Waals surface area (Å²) in [5, 5.41) is 0.535. The Hall–Kier alpha value is -2.08. The zero-order valence-electron chi connectivity index (χ0n) is 15.1. The number of likely N-dealkylation sites (tertiary alicyclic amines) is 1. The van der Waals surface area contributed by atoms with Gasteiger partial charge in [-0.1, -0.05) is 60.2 Å². The molecule has 1 saturated heterocycles. The van der Waals surface area contributed by atoms with Gasteiger partial charge in [-0.15, -0.1) is 0 Å². The molecule has 0 bridgehead atoms. The van der Waals surface area contributed by atoms with E-state index in [-0.39, 0.29) is 5.91 Å². The van der Waals surface area contributed by atoms with Crippen LogP contribution in [0.15, 0.2) is 59.6 Å². The third-order valence-electron chi connectivity index (χ3n) is 5.25. The number of nitrogens with zero attached hydrogens (tertiary/aromatic N) is 3. The Morgan fingerprint density at radius 1 is 1.11 bits per heavy atom. The van der Waals surface area contributed by atoms with Crippen LogP contribution in [0, 0.1) is 0 Å². The summed E-state index contributed by atoms with van der Waals surface area (Å²) in [4.78, 5) is 22.9. The number of rotatable bonds is 2. The predicted octanol–water partition coefficient (Wildman–Crippen LogP) is 4.03. The molecule has 2 heterocycles. The molecule has 1 fully saturated rings. The number of thiocarbonyl (C=S) groups is 1. The molecule has 2 aromatic carbocycles. The molecule has 0 aliphatic carbocycles. The number of aliphatic imine (C=N–C) groups is 1. The second kappa shape index (κ2) is 7.15. The highest BCUT2D eigenvalue weighted by atomic mass is 35.5. The molecule has 27 heavy (non-hydrogen) atoms. The summed E-state index contributed by atoms with van der Waals surface area (Å²) < 4.78 is 0. The monoisotopic (exact) mass is 397 g/mol. The SMILES string of the molecule is CN1CCC2(CC1)N=C(c1ccccc1)C(=S)N2C(=O)c1cccc(Cl)c1. The van der Waals surface area contributed by atoms with Crippen LogP contribution in [-0.2, 0) is 0 Å². The van der Waals surface area contributed by atoms with Crippen molar-refractivity contribution in [2.75, 3.05) is 20.1 Å². The Balaban J connectivity index is 1.77. The second-order valence-electron chi connectivity index (χ2n) is 7.07. The van der Waals surface area contributed by atoms with Gasteiger partial charge in [-0.3, -0.25) is 14.7 Å². The largest absolute Gasteiger partial charge is 0.306 e. The van der Waals surface area contributed by atoms with Crippen LogP contribution in [0.1, 0.15) is 28.8 Å². The van der Waals surface area contributed by atoms with E-state index in [9.17, 15) is 4.79 Å². The van der Waals surface area contributed by atoms with E-state index in [1.54, 1.807) is 29.2 Å². The number of hydrogen-bond donors (Lipinski definition) is 0. The van der Waals surface area contributed by atoms with Gasteiger partial charge in [0.2, 0.25) is 0 Å². The van der Waals surface area contributed by atoms with Crippen molar-refractivity contribution in [3.63, 3.8) is 0 Å². The van der Waals surface area contributed by atoms with Crippen molar-refractivity contribution in [1.82, 2.24) is 9.80 Å². The fraction of sp³-hybridized carbons (Fsp3) is 0.286. The van der Waals surface area contributed by atoms with Gasteiger partial charge in [0.15, 0.2) is 0 Å². The van der Waals surface area contributed by atoms with E-state index in [0.29, 0.717) is 15.6 Å². The fourth-order valence-electron chi connectivity index (χ4n) is 3.73. The average Bonchev–Trinajstić information content (AvgIpc) is 2.96. The van der Waals surface area contributed by atoms with Crippen molar-refractivity contribution in [3.8, 4) is 0 Å². The quantitative estimate of drug-likeness (QED) is 0.717. The highest BCUT2D eigenvalue weighted by molar-refractivity contribution is 7.82. The molecule has 0 N–H and O–H groups in total. The first kappa shape index (κ1) is 18.3. The van der Waals surface area contributed by atoms with Crippen molar-refractivity contribution >= 4 is 40.4 Å². The third-order valence-corrected chi connectivity index (χ3v) is 5.86. The fourth-order valence-corrected chi connectivity index (χ4v) is 4.34. The van der Waals surface area contributed by atoms with Crippen molar-refractivity contribution in [1.29, 1.82) is 0 Å². The van der Waals surface area contributed by atoms with Crippen LogP contribution in [0.25, 0.3) is 0 Å². The van der Waals surface area contributed by atoms with Gasteiger partial charge >= 0.3 is 0 Å². The highest BCUT2D eigenvalue weighted by Crippen LogP contribution is 2.38. The zero-order valence-corrected chi connectivity index (χ0v) is 16.6. The van der Waals surface area contributed by atoms with Crippen LogP contribution in [-0.4, -0.2) is 52.2 Å². The Labute approximate surface area is 169 Å². The number of carbonyl (C=O) groups is 1. The maximum Gasteiger partial charge on any atom is 0.261 e. The molecule has 2 aromatic rings. The Kier molecular flexibility index (Phi) is 4.84. The van der Waals surface area contributed by atoms with Crippen molar-refractivity contribution in [2.24, 2.45) is 4.99 Å². The van der Waals surface area contributed by atoms with Gasteiger partial charge in [-0.05, 0) is 25.2 Å². The molecular weight excluding hydrogens is 378 g/mol. The molecule has 6 heteroatoms. The maximum atomic E-state index is 13.4. The first-order valence-corrected chi connectivity index (χ1v) is 9.77. The molecule has 4 nitrogen and oxygen atoms in total. The van der Waals surface area contributed by atoms with E-state index in [0.717, 1.165) is 37.2 Å². The zero-order chi connectivity index (χ0) is 19.0. The number of hydrogen-bond acceptors (Lipinski definition) is 4. The van der Waals surface area contributed by atoms with Gasteiger partial charge in [0.05, 0.1) is 0 Å². The summed E-state index contributed by atoms with van der Waals surface area (Å²) in [5.41, 5.74) is 1.59. The van der Waals surface area contributed by atoms with E-state index in [1.807, 2.05) is 30.3 Å². The van der Waals surface area contributed by atoms with Crippen LogP contribution in [0.5, 0.6) is 0 Å². The van der Waals surface area contributed by atoms with Gasteiger partial charge in [0.1, 0.15) is 16.4 Å². The number of piperidine rings is 1. The molecule has 0 radical (unpaired) electrons. The summed E-state index contributed by atoms with van der Waals surface area (Å²) in [5.74, 6) is -0.137. The smallest absolute Gasteiger partial charge is 0.261 e. The van der Waals surface area contributed by atoms with Crippen LogP contribution in [0.3, 0.4) is 0 Å². The number of carbonyl (C=O) groups excluding carboxylic acids is 1.